The molecule has 7 nitrogen and oxygen atoms in total. The van der Waals surface area contributed by atoms with Crippen molar-refractivity contribution in [2.75, 3.05) is 19.5 Å². The van der Waals surface area contributed by atoms with Crippen molar-refractivity contribution in [3.8, 4) is 17.2 Å². The maximum absolute atomic E-state index is 11.7. The van der Waals surface area contributed by atoms with E-state index in [1.807, 2.05) is 59.2 Å². The highest BCUT2D eigenvalue weighted by Crippen LogP contribution is 2.24. The monoisotopic (exact) mass is 399 g/mol. The predicted molar refractivity (Wildman–Crippen MR) is 106 cm³/mol. The van der Waals surface area contributed by atoms with Crippen LogP contribution < -0.4 is 9.47 Å². The molecule has 3 rings (SSSR count). The lowest BCUT2D eigenvalue weighted by Gasteiger charge is -2.11. The van der Waals surface area contributed by atoms with Crippen molar-refractivity contribution in [2.45, 2.75) is 18.7 Å². The summed E-state index contributed by atoms with van der Waals surface area (Å²) >= 11 is 1.28. The van der Waals surface area contributed by atoms with Crippen molar-refractivity contribution in [1.29, 1.82) is 0 Å². The molecule has 0 aliphatic rings. The minimum absolute atomic E-state index is 0.165. The Morgan fingerprint density at radius 3 is 2.43 bits per heavy atom. The van der Waals surface area contributed by atoms with E-state index in [2.05, 4.69) is 10.2 Å². The van der Waals surface area contributed by atoms with Gasteiger partial charge in [-0.25, -0.2) is 0 Å². The molecule has 0 saturated heterocycles. The van der Waals surface area contributed by atoms with E-state index in [-0.39, 0.29) is 18.3 Å². The van der Waals surface area contributed by atoms with Crippen molar-refractivity contribution in [3.63, 3.8) is 0 Å². The van der Waals surface area contributed by atoms with Gasteiger partial charge in [-0.1, -0.05) is 30.0 Å². The third-order valence-electron chi connectivity index (χ3n) is 3.77. The van der Waals surface area contributed by atoms with Gasteiger partial charge in [0.1, 0.15) is 18.1 Å². The molecule has 0 bridgehead atoms. The molecule has 28 heavy (non-hydrogen) atoms. The van der Waals surface area contributed by atoms with Crippen LogP contribution in [0.1, 0.15) is 12.7 Å². The summed E-state index contributed by atoms with van der Waals surface area (Å²) in [6.07, 6.45) is 0. The lowest BCUT2D eigenvalue weighted by atomic mass is 10.3. The molecule has 0 aliphatic carbocycles. The minimum atomic E-state index is -0.286. The maximum atomic E-state index is 11.7. The number of hydrogen-bond donors (Lipinski definition) is 0. The summed E-state index contributed by atoms with van der Waals surface area (Å²) in [5.74, 6) is 1.97. The number of esters is 1. The first-order valence-corrected chi connectivity index (χ1v) is 9.74. The van der Waals surface area contributed by atoms with Crippen LogP contribution in [0, 0.1) is 0 Å². The van der Waals surface area contributed by atoms with Crippen LogP contribution in [-0.4, -0.2) is 40.2 Å². The molecule has 1 heterocycles. The highest BCUT2D eigenvalue weighted by atomic mass is 32.2. The van der Waals surface area contributed by atoms with Gasteiger partial charge in [0, 0.05) is 5.69 Å². The van der Waals surface area contributed by atoms with Gasteiger partial charge in [0.05, 0.1) is 19.5 Å². The van der Waals surface area contributed by atoms with E-state index in [1.165, 1.54) is 11.8 Å². The molecule has 0 amide bonds. The number of rotatable bonds is 9. The first-order valence-electron chi connectivity index (χ1n) is 8.76. The van der Waals surface area contributed by atoms with Gasteiger partial charge in [-0.05, 0) is 43.3 Å². The van der Waals surface area contributed by atoms with E-state index in [9.17, 15) is 4.79 Å². The van der Waals surface area contributed by atoms with E-state index in [1.54, 1.807) is 14.0 Å². The molecule has 0 radical (unpaired) electrons. The van der Waals surface area contributed by atoms with Crippen LogP contribution in [0.2, 0.25) is 0 Å². The molecule has 0 fully saturated rings. The molecule has 0 saturated carbocycles. The van der Waals surface area contributed by atoms with Crippen LogP contribution in [0.4, 0.5) is 0 Å². The Hall–Kier alpha value is -3.00. The molecule has 1 aromatic heterocycles. The fourth-order valence-corrected chi connectivity index (χ4v) is 3.24. The van der Waals surface area contributed by atoms with Crippen molar-refractivity contribution in [2.24, 2.45) is 0 Å². The van der Waals surface area contributed by atoms with Crippen LogP contribution in [-0.2, 0) is 16.1 Å². The molecule has 3 aromatic rings. The Morgan fingerprint density at radius 2 is 1.75 bits per heavy atom. The molecule has 2 aromatic carbocycles. The van der Waals surface area contributed by atoms with Gasteiger partial charge in [0.2, 0.25) is 0 Å². The van der Waals surface area contributed by atoms with E-state index >= 15 is 0 Å². The SMILES string of the molecule is CCOC(=O)CSc1nnc(COc2ccc(OC)cc2)n1-c1ccccc1. The number of ether oxygens (including phenoxy) is 3. The third kappa shape index (κ3) is 5.04. The zero-order valence-electron chi connectivity index (χ0n) is 15.7. The van der Waals surface area contributed by atoms with Crippen molar-refractivity contribution in [3.05, 3.63) is 60.4 Å². The molecular weight excluding hydrogens is 378 g/mol. The van der Waals surface area contributed by atoms with E-state index < -0.39 is 0 Å². The van der Waals surface area contributed by atoms with Gasteiger partial charge >= 0.3 is 5.97 Å². The quantitative estimate of drug-likeness (QED) is 0.403. The number of carbonyl (C=O) groups excluding carboxylic acids is 1. The fourth-order valence-electron chi connectivity index (χ4n) is 2.47. The zero-order chi connectivity index (χ0) is 19.8. The Bertz CT molecular complexity index is 898. The third-order valence-corrected chi connectivity index (χ3v) is 4.67. The first-order chi connectivity index (χ1) is 13.7. The molecule has 0 atom stereocenters. The molecule has 0 aliphatic heterocycles. The molecule has 0 N–H and O–H groups in total. The highest BCUT2D eigenvalue weighted by molar-refractivity contribution is 7.99. The predicted octanol–water partition coefficient (Wildman–Crippen LogP) is 3.51. The number of nitrogens with zero attached hydrogens (tertiary/aromatic N) is 3. The van der Waals surface area contributed by atoms with Gasteiger partial charge in [-0.2, -0.15) is 0 Å². The van der Waals surface area contributed by atoms with E-state index in [0.29, 0.717) is 23.3 Å². The summed E-state index contributed by atoms with van der Waals surface area (Å²) < 4.78 is 17.9. The summed E-state index contributed by atoms with van der Waals surface area (Å²) in [7, 11) is 1.62. The number of carbonyl (C=O) groups is 1. The normalized spacial score (nSPS) is 10.5. The minimum Gasteiger partial charge on any atom is -0.497 e. The standard InChI is InChI=1S/C20H21N3O4S/c1-3-26-19(24)14-28-20-22-21-18(23(20)15-7-5-4-6-8-15)13-27-17-11-9-16(25-2)10-12-17/h4-12H,3,13-14H2,1-2H3. The van der Waals surface area contributed by atoms with Gasteiger partial charge in [-0.3, -0.25) is 9.36 Å². The molecule has 8 heteroatoms. The summed E-state index contributed by atoms with van der Waals surface area (Å²) in [5, 5.41) is 9.09. The molecule has 146 valence electrons. The fraction of sp³-hybridized carbons (Fsp3) is 0.250. The van der Waals surface area contributed by atoms with Crippen LogP contribution in [0.25, 0.3) is 5.69 Å². The number of aromatic nitrogens is 3. The average Bonchev–Trinajstić information content (AvgIpc) is 3.15. The Kier molecular flexibility index (Phi) is 6.91. The number of para-hydroxylation sites is 1. The number of methoxy groups -OCH3 is 1. The number of thioether (sulfide) groups is 1. The van der Waals surface area contributed by atoms with Crippen molar-refractivity contribution in [1.82, 2.24) is 14.8 Å². The van der Waals surface area contributed by atoms with Crippen LogP contribution in [0.15, 0.2) is 59.8 Å². The van der Waals surface area contributed by atoms with Gasteiger partial charge in [-0.15, -0.1) is 10.2 Å². The smallest absolute Gasteiger partial charge is 0.316 e. The molecule has 0 spiro atoms. The Morgan fingerprint density at radius 1 is 1.04 bits per heavy atom. The summed E-state index contributed by atoms with van der Waals surface area (Å²) in [5.41, 5.74) is 0.896. The average molecular weight is 399 g/mol. The number of benzene rings is 2. The van der Waals surface area contributed by atoms with E-state index in [4.69, 9.17) is 14.2 Å². The highest BCUT2D eigenvalue weighted by Gasteiger charge is 2.16. The largest absolute Gasteiger partial charge is 0.497 e. The van der Waals surface area contributed by atoms with Gasteiger partial charge in [0.15, 0.2) is 11.0 Å². The topological polar surface area (TPSA) is 75.5 Å². The number of hydrogen-bond acceptors (Lipinski definition) is 7. The van der Waals surface area contributed by atoms with E-state index in [0.717, 1.165) is 11.4 Å². The lowest BCUT2D eigenvalue weighted by Crippen LogP contribution is -2.09. The summed E-state index contributed by atoms with van der Waals surface area (Å²) in [4.78, 5) is 11.7. The second-order valence-corrected chi connectivity index (χ2v) is 6.57. The van der Waals surface area contributed by atoms with Crippen LogP contribution in [0.3, 0.4) is 0 Å². The maximum Gasteiger partial charge on any atom is 0.316 e. The van der Waals surface area contributed by atoms with Crippen LogP contribution >= 0.6 is 11.8 Å². The van der Waals surface area contributed by atoms with Crippen molar-refractivity contribution >= 4 is 17.7 Å². The summed E-state index contributed by atoms with van der Waals surface area (Å²) in [6, 6.07) is 17.0. The first kappa shape index (κ1) is 19.8. The lowest BCUT2D eigenvalue weighted by molar-refractivity contribution is -0.139. The second-order valence-electron chi connectivity index (χ2n) is 5.63. The van der Waals surface area contributed by atoms with Crippen LogP contribution in [0.5, 0.6) is 11.5 Å². The van der Waals surface area contributed by atoms with Gasteiger partial charge in [0.25, 0.3) is 0 Å². The second kappa shape index (κ2) is 9.80. The summed E-state index contributed by atoms with van der Waals surface area (Å²) in [6.45, 7) is 2.36. The Balaban J connectivity index is 1.78. The van der Waals surface area contributed by atoms with Crippen molar-refractivity contribution < 1.29 is 19.0 Å². The zero-order valence-corrected chi connectivity index (χ0v) is 16.5. The Labute approximate surface area is 167 Å². The van der Waals surface area contributed by atoms with Gasteiger partial charge < -0.3 is 14.2 Å². The molecular formula is C20H21N3O4S. The molecule has 0 unspecified atom stereocenters.